The molecule has 8 N–H and O–H groups in total. The molecule has 0 saturated carbocycles. The van der Waals surface area contributed by atoms with Crippen molar-refractivity contribution in [2.45, 2.75) is 0 Å². The Morgan fingerprint density at radius 1 is 0.828 bits per heavy atom. The van der Waals surface area contributed by atoms with Crippen LogP contribution in [0.15, 0.2) is 30.3 Å². The maximum atomic E-state index is 13.2. The number of fused-ring (bicyclic) bond motifs is 2. The number of nitrogens with two attached hydrogens (primary N) is 4. The third-order valence-electron chi connectivity index (χ3n) is 4.32. The highest BCUT2D eigenvalue weighted by Crippen LogP contribution is 2.40. The van der Waals surface area contributed by atoms with Crippen LogP contribution in [0.2, 0.25) is 0 Å². The van der Waals surface area contributed by atoms with Crippen molar-refractivity contribution in [3.05, 3.63) is 62.7 Å². The van der Waals surface area contributed by atoms with Crippen LogP contribution in [0.4, 0.5) is 26.7 Å². The lowest BCUT2D eigenvalue weighted by molar-refractivity contribution is -0.385. The molecule has 13 heteroatoms. The first-order valence-electron chi connectivity index (χ1n) is 7.80. The summed E-state index contributed by atoms with van der Waals surface area (Å²) in [5, 5.41) is 12.2. The molecule has 1 aliphatic rings. The molecule has 0 spiro atoms. The van der Waals surface area contributed by atoms with Crippen LogP contribution in [0.1, 0.15) is 31.8 Å². The highest BCUT2D eigenvalue weighted by Gasteiger charge is 2.40. The minimum Gasteiger partial charge on any atom is -0.350 e. The number of nitro benzene ring substituents is 1. The fraction of sp³-hybridized carbons (Fsp3) is 0. The first-order valence-corrected chi connectivity index (χ1v) is 7.80. The highest BCUT2D eigenvalue weighted by atomic mass is 16.6. The minimum atomic E-state index is -1.17. The number of carbonyl (C=O) groups excluding carboxylic acids is 4. The molecule has 29 heavy (non-hydrogen) atoms. The van der Waals surface area contributed by atoms with Crippen molar-refractivity contribution in [1.82, 2.24) is 0 Å². The van der Waals surface area contributed by atoms with Crippen LogP contribution in [-0.4, -0.2) is 28.6 Å². The Labute approximate surface area is 161 Å². The van der Waals surface area contributed by atoms with E-state index in [0.717, 1.165) is 18.2 Å². The molecule has 0 aliphatic heterocycles. The van der Waals surface area contributed by atoms with Gasteiger partial charge in [0.1, 0.15) is 5.56 Å². The van der Waals surface area contributed by atoms with Crippen molar-refractivity contribution in [1.29, 1.82) is 0 Å². The van der Waals surface area contributed by atoms with Crippen molar-refractivity contribution in [3.8, 4) is 0 Å². The van der Waals surface area contributed by atoms with Gasteiger partial charge in [-0.05, 0) is 18.2 Å². The van der Waals surface area contributed by atoms with E-state index < -0.39 is 50.9 Å². The number of hydrazine groups is 2. The summed E-state index contributed by atoms with van der Waals surface area (Å²) in [5.74, 6) is 9.37. The number of nitrogens with zero attached hydrogens (tertiary/aromatic N) is 3. The first-order chi connectivity index (χ1) is 13.6. The van der Waals surface area contributed by atoms with Crippen molar-refractivity contribution in [2.75, 3.05) is 10.0 Å². The summed E-state index contributed by atoms with van der Waals surface area (Å²) >= 11 is 0. The van der Waals surface area contributed by atoms with Gasteiger partial charge in [0.2, 0.25) is 5.78 Å². The number of anilines is 2. The number of nitro groups is 1. The number of carbonyl (C=O) groups is 4. The standard InChI is InChI=1S/C16H13N7O6/c17-15(26)21(19)7-4-5-8(22(20)16(18)27)12-11(7)13(24)6-2-1-3-9(23(28)29)10(6)14(12)25/h1-5H,19-20H2,(H2,17,26)(H2,18,27). The molecule has 0 atom stereocenters. The van der Waals surface area contributed by atoms with E-state index in [0.29, 0.717) is 10.0 Å². The van der Waals surface area contributed by atoms with Crippen LogP contribution in [-0.2, 0) is 0 Å². The molecule has 0 heterocycles. The number of urea groups is 2. The summed E-state index contributed by atoms with van der Waals surface area (Å²) in [5.41, 5.74) is 7.46. The predicted octanol–water partition coefficient (Wildman–Crippen LogP) is -0.112. The first kappa shape index (κ1) is 19.4. The summed E-state index contributed by atoms with van der Waals surface area (Å²) in [7, 11) is 0. The van der Waals surface area contributed by atoms with E-state index in [1.165, 1.54) is 12.1 Å². The number of rotatable bonds is 3. The Bertz CT molecular complexity index is 1130. The molecule has 2 aromatic rings. The van der Waals surface area contributed by atoms with Gasteiger partial charge in [-0.2, -0.15) is 0 Å². The Morgan fingerprint density at radius 2 is 1.31 bits per heavy atom. The van der Waals surface area contributed by atoms with E-state index in [1.807, 2.05) is 0 Å². The van der Waals surface area contributed by atoms with Gasteiger partial charge in [-0.3, -0.25) is 19.7 Å². The van der Waals surface area contributed by atoms with Crippen LogP contribution in [0.5, 0.6) is 0 Å². The van der Waals surface area contributed by atoms with Crippen LogP contribution in [0, 0.1) is 10.1 Å². The zero-order chi connectivity index (χ0) is 21.6. The summed E-state index contributed by atoms with van der Waals surface area (Å²) in [4.78, 5) is 59.9. The van der Waals surface area contributed by atoms with Crippen molar-refractivity contribution in [3.63, 3.8) is 0 Å². The lowest BCUT2D eigenvalue weighted by Gasteiger charge is -2.27. The van der Waals surface area contributed by atoms with Gasteiger partial charge in [0.05, 0.1) is 27.4 Å². The van der Waals surface area contributed by atoms with Gasteiger partial charge in [-0.25, -0.2) is 31.3 Å². The van der Waals surface area contributed by atoms with E-state index >= 15 is 0 Å². The van der Waals surface area contributed by atoms with Gasteiger partial charge in [-0.1, -0.05) is 6.07 Å². The fourth-order valence-corrected chi connectivity index (χ4v) is 3.06. The average molecular weight is 399 g/mol. The fourth-order valence-electron chi connectivity index (χ4n) is 3.06. The molecule has 2 aromatic carbocycles. The zero-order valence-corrected chi connectivity index (χ0v) is 14.5. The van der Waals surface area contributed by atoms with Gasteiger partial charge in [0, 0.05) is 11.6 Å². The second kappa shape index (κ2) is 6.66. The summed E-state index contributed by atoms with van der Waals surface area (Å²) in [6.07, 6.45) is 0. The molecule has 0 aromatic heterocycles. The predicted molar refractivity (Wildman–Crippen MR) is 98.9 cm³/mol. The monoisotopic (exact) mass is 399 g/mol. The molecule has 0 fully saturated rings. The van der Waals surface area contributed by atoms with E-state index in [-0.39, 0.29) is 16.9 Å². The number of benzene rings is 2. The Morgan fingerprint density at radius 3 is 1.76 bits per heavy atom. The quantitative estimate of drug-likeness (QED) is 0.201. The normalized spacial score (nSPS) is 12.1. The Hall–Kier alpha value is -4.36. The van der Waals surface area contributed by atoms with Gasteiger partial charge < -0.3 is 11.5 Å². The van der Waals surface area contributed by atoms with Gasteiger partial charge in [-0.15, -0.1) is 0 Å². The number of hydrogen-bond acceptors (Lipinski definition) is 8. The summed E-state index contributed by atoms with van der Waals surface area (Å²) < 4.78 is 0. The van der Waals surface area contributed by atoms with Crippen LogP contribution >= 0.6 is 0 Å². The maximum absolute atomic E-state index is 13.2. The topological polar surface area (TPSA) is 222 Å². The molecule has 13 nitrogen and oxygen atoms in total. The molecule has 0 bridgehead atoms. The highest BCUT2D eigenvalue weighted by molar-refractivity contribution is 6.33. The SMILES string of the molecule is NC(=O)N(N)c1ccc(N(N)C(N)=O)c2c1C(=O)c1cccc([N+](=O)[O-])c1C2=O. The van der Waals surface area contributed by atoms with Gasteiger partial charge in [0.25, 0.3) is 5.69 Å². The number of ketones is 2. The maximum Gasteiger partial charge on any atom is 0.333 e. The Kier molecular flexibility index (Phi) is 4.46. The second-order valence-corrected chi connectivity index (χ2v) is 5.89. The van der Waals surface area contributed by atoms with Crippen LogP contribution in [0.3, 0.4) is 0 Å². The van der Waals surface area contributed by atoms with E-state index in [9.17, 15) is 29.3 Å². The van der Waals surface area contributed by atoms with E-state index in [1.54, 1.807) is 0 Å². The van der Waals surface area contributed by atoms with Crippen LogP contribution < -0.4 is 33.2 Å². The number of hydrogen-bond donors (Lipinski definition) is 4. The average Bonchev–Trinajstić information content (AvgIpc) is 2.68. The zero-order valence-electron chi connectivity index (χ0n) is 14.5. The molecule has 1 aliphatic carbocycles. The van der Waals surface area contributed by atoms with Crippen molar-refractivity contribution >= 4 is 40.7 Å². The lowest BCUT2D eigenvalue weighted by Crippen LogP contribution is -2.45. The smallest absolute Gasteiger partial charge is 0.333 e. The van der Waals surface area contributed by atoms with E-state index in [4.69, 9.17) is 23.2 Å². The van der Waals surface area contributed by atoms with Crippen molar-refractivity contribution < 1.29 is 24.1 Å². The molecule has 0 saturated heterocycles. The second-order valence-electron chi connectivity index (χ2n) is 5.89. The summed E-state index contributed by atoms with van der Waals surface area (Å²) in [6, 6.07) is 3.40. The lowest BCUT2D eigenvalue weighted by atomic mass is 9.81. The number of amides is 4. The Balaban J connectivity index is 2.43. The molecular weight excluding hydrogens is 386 g/mol. The third kappa shape index (κ3) is 2.82. The molecule has 3 rings (SSSR count). The molecular formula is C16H13N7O6. The molecule has 0 unspecified atom stereocenters. The number of primary amides is 2. The largest absolute Gasteiger partial charge is 0.350 e. The molecule has 4 amide bonds. The summed E-state index contributed by atoms with van der Waals surface area (Å²) in [6.45, 7) is 0. The minimum absolute atomic E-state index is 0.260. The van der Waals surface area contributed by atoms with Gasteiger partial charge >= 0.3 is 12.1 Å². The van der Waals surface area contributed by atoms with Crippen molar-refractivity contribution in [2.24, 2.45) is 23.2 Å². The molecule has 0 radical (unpaired) electrons. The third-order valence-corrected chi connectivity index (χ3v) is 4.32. The molecule has 148 valence electrons. The van der Waals surface area contributed by atoms with Gasteiger partial charge in [0.15, 0.2) is 5.78 Å². The van der Waals surface area contributed by atoms with E-state index in [2.05, 4.69) is 0 Å². The van der Waals surface area contributed by atoms with Crippen LogP contribution in [0.25, 0.3) is 0 Å².